The molecule has 0 amide bonds. The van der Waals surface area contributed by atoms with Crippen molar-refractivity contribution in [3.05, 3.63) is 72.3 Å². The number of esters is 2. The Morgan fingerprint density at radius 2 is 1.74 bits per heavy atom. The first-order valence-corrected chi connectivity index (χ1v) is 9.69. The number of hydrogen-bond acceptors (Lipinski definition) is 5. The molecule has 1 aliphatic carbocycles. The van der Waals surface area contributed by atoms with Gasteiger partial charge in [0.15, 0.2) is 6.61 Å². The summed E-state index contributed by atoms with van der Waals surface area (Å²) in [7, 11) is 0. The molecule has 0 saturated heterocycles. The van der Waals surface area contributed by atoms with Crippen LogP contribution in [0, 0.1) is 0 Å². The molecule has 0 radical (unpaired) electrons. The Bertz CT molecular complexity index is 947. The van der Waals surface area contributed by atoms with Gasteiger partial charge in [-0.1, -0.05) is 24.8 Å². The Kier molecular flexibility index (Phi) is 6.68. The average molecular weight is 434 g/mol. The van der Waals surface area contributed by atoms with E-state index in [0.717, 1.165) is 31.0 Å². The minimum absolute atomic E-state index is 0.173. The highest BCUT2D eigenvalue weighted by Crippen LogP contribution is 2.42. The molecule has 31 heavy (non-hydrogen) atoms. The molecular formula is C23H21F3O5. The summed E-state index contributed by atoms with van der Waals surface area (Å²) in [4.78, 5) is 24.1. The fraction of sp³-hybridized carbons (Fsp3) is 0.304. The molecule has 8 heteroatoms. The summed E-state index contributed by atoms with van der Waals surface area (Å²) in [6, 6.07) is 10.9. The van der Waals surface area contributed by atoms with Gasteiger partial charge < -0.3 is 14.2 Å². The lowest BCUT2D eigenvalue weighted by atomic mass is 10.0. The predicted octanol–water partition coefficient (Wildman–Crippen LogP) is 5.35. The molecular weight excluding hydrogens is 413 g/mol. The van der Waals surface area contributed by atoms with Crippen molar-refractivity contribution in [2.24, 2.45) is 0 Å². The molecule has 5 nitrogen and oxygen atoms in total. The van der Waals surface area contributed by atoms with Crippen LogP contribution in [0.2, 0.25) is 0 Å². The van der Waals surface area contributed by atoms with Gasteiger partial charge in [-0.3, -0.25) is 0 Å². The van der Waals surface area contributed by atoms with Crippen molar-refractivity contribution in [1.29, 1.82) is 0 Å². The number of carbonyl (C=O) groups excluding carboxylic acids is 2. The summed E-state index contributed by atoms with van der Waals surface area (Å²) in [5.41, 5.74) is -2.09. The third-order valence-electron chi connectivity index (χ3n) is 4.95. The molecule has 1 aliphatic rings. The number of benzene rings is 2. The molecule has 0 bridgehead atoms. The van der Waals surface area contributed by atoms with E-state index in [1.54, 1.807) is 30.3 Å². The molecule has 0 heterocycles. The van der Waals surface area contributed by atoms with E-state index in [0.29, 0.717) is 12.8 Å². The van der Waals surface area contributed by atoms with Crippen LogP contribution in [0.25, 0.3) is 0 Å². The third kappa shape index (κ3) is 5.65. The van der Waals surface area contributed by atoms with Gasteiger partial charge in [0.05, 0.1) is 11.1 Å². The number of halogens is 3. The minimum atomic E-state index is -4.67. The van der Waals surface area contributed by atoms with E-state index < -0.39 is 41.6 Å². The van der Waals surface area contributed by atoms with Gasteiger partial charge in [0.2, 0.25) is 0 Å². The van der Waals surface area contributed by atoms with Crippen molar-refractivity contribution in [2.45, 2.75) is 37.5 Å². The summed E-state index contributed by atoms with van der Waals surface area (Å²) in [6.45, 7) is 3.00. The van der Waals surface area contributed by atoms with E-state index in [1.165, 1.54) is 6.08 Å². The smallest absolute Gasteiger partial charge is 0.419 e. The first-order valence-electron chi connectivity index (χ1n) is 9.69. The second-order valence-corrected chi connectivity index (χ2v) is 7.15. The number of ether oxygens (including phenoxy) is 3. The zero-order valence-corrected chi connectivity index (χ0v) is 16.6. The second kappa shape index (κ2) is 9.24. The SMILES string of the molecule is C=CC1(Oc2cc(C(=O)OCC(=O)Oc3ccccc3)ccc2C(F)(F)F)CCCC1. The Morgan fingerprint density at radius 3 is 2.35 bits per heavy atom. The van der Waals surface area contributed by atoms with Gasteiger partial charge in [0.25, 0.3) is 0 Å². The first kappa shape index (κ1) is 22.4. The molecule has 1 saturated carbocycles. The molecule has 164 valence electrons. The fourth-order valence-electron chi connectivity index (χ4n) is 3.37. The Morgan fingerprint density at radius 1 is 1.06 bits per heavy atom. The Balaban J connectivity index is 1.74. The van der Waals surface area contributed by atoms with E-state index in [-0.39, 0.29) is 11.3 Å². The van der Waals surface area contributed by atoms with Crippen LogP contribution in [0.3, 0.4) is 0 Å². The van der Waals surface area contributed by atoms with Crippen LogP contribution in [0.5, 0.6) is 11.5 Å². The van der Waals surface area contributed by atoms with E-state index in [2.05, 4.69) is 6.58 Å². The summed E-state index contributed by atoms with van der Waals surface area (Å²) in [5.74, 6) is -1.99. The maximum atomic E-state index is 13.5. The van der Waals surface area contributed by atoms with E-state index in [1.807, 2.05) is 0 Å². The largest absolute Gasteiger partial charge is 0.483 e. The number of rotatable bonds is 7. The Labute approximate surface area is 177 Å². The maximum Gasteiger partial charge on any atom is 0.419 e. The van der Waals surface area contributed by atoms with Crippen molar-refractivity contribution in [3.8, 4) is 11.5 Å². The zero-order valence-electron chi connectivity index (χ0n) is 16.6. The lowest BCUT2D eigenvalue weighted by Gasteiger charge is -2.28. The molecule has 0 spiro atoms. The second-order valence-electron chi connectivity index (χ2n) is 7.15. The highest BCUT2D eigenvalue weighted by Gasteiger charge is 2.39. The van der Waals surface area contributed by atoms with E-state index >= 15 is 0 Å². The van der Waals surface area contributed by atoms with Gasteiger partial charge in [0.1, 0.15) is 17.1 Å². The molecule has 0 aliphatic heterocycles. The normalized spacial score (nSPS) is 15.2. The molecule has 1 fully saturated rings. The zero-order chi connectivity index (χ0) is 22.5. The molecule has 2 aromatic rings. The number of hydrogen-bond donors (Lipinski definition) is 0. The lowest BCUT2D eigenvalue weighted by molar-refractivity contribution is -0.139. The topological polar surface area (TPSA) is 61.8 Å². The van der Waals surface area contributed by atoms with Gasteiger partial charge in [-0.15, -0.1) is 0 Å². The van der Waals surface area contributed by atoms with E-state index in [4.69, 9.17) is 14.2 Å². The number of carbonyl (C=O) groups is 2. The van der Waals surface area contributed by atoms with Crippen LogP contribution in [0.4, 0.5) is 13.2 Å². The van der Waals surface area contributed by atoms with Crippen LogP contribution >= 0.6 is 0 Å². The fourth-order valence-corrected chi connectivity index (χ4v) is 3.37. The van der Waals surface area contributed by atoms with Crippen molar-refractivity contribution in [3.63, 3.8) is 0 Å². The predicted molar refractivity (Wildman–Crippen MR) is 106 cm³/mol. The summed E-state index contributed by atoms with van der Waals surface area (Å²) in [5, 5.41) is 0. The van der Waals surface area contributed by atoms with Gasteiger partial charge >= 0.3 is 18.1 Å². The maximum absolute atomic E-state index is 13.5. The Hall–Kier alpha value is -3.29. The number of para-hydroxylation sites is 1. The lowest BCUT2D eigenvalue weighted by Crippen LogP contribution is -2.30. The third-order valence-corrected chi connectivity index (χ3v) is 4.95. The quantitative estimate of drug-likeness (QED) is 0.334. The molecule has 2 aromatic carbocycles. The van der Waals surface area contributed by atoms with E-state index in [9.17, 15) is 22.8 Å². The van der Waals surface area contributed by atoms with Gasteiger partial charge in [-0.25, -0.2) is 9.59 Å². The summed E-state index contributed by atoms with van der Waals surface area (Å²) < 4.78 is 56.0. The van der Waals surface area contributed by atoms with Crippen LogP contribution in [0.15, 0.2) is 61.2 Å². The minimum Gasteiger partial charge on any atom is -0.483 e. The molecule has 0 unspecified atom stereocenters. The highest BCUT2D eigenvalue weighted by molar-refractivity contribution is 5.91. The van der Waals surface area contributed by atoms with Crippen LogP contribution in [-0.4, -0.2) is 24.1 Å². The van der Waals surface area contributed by atoms with Crippen LogP contribution in [0.1, 0.15) is 41.6 Å². The average Bonchev–Trinajstić information content (AvgIpc) is 3.21. The first-order chi connectivity index (χ1) is 14.7. The van der Waals surface area contributed by atoms with Gasteiger partial charge in [-0.05, 0) is 62.1 Å². The van der Waals surface area contributed by atoms with Crippen molar-refractivity contribution in [1.82, 2.24) is 0 Å². The van der Waals surface area contributed by atoms with Crippen molar-refractivity contribution in [2.75, 3.05) is 6.61 Å². The monoisotopic (exact) mass is 434 g/mol. The molecule has 0 aromatic heterocycles. The molecule has 0 atom stereocenters. The summed E-state index contributed by atoms with van der Waals surface area (Å²) in [6.07, 6.45) is -0.484. The van der Waals surface area contributed by atoms with Gasteiger partial charge in [-0.2, -0.15) is 13.2 Å². The van der Waals surface area contributed by atoms with Crippen LogP contribution in [-0.2, 0) is 15.7 Å². The van der Waals surface area contributed by atoms with Crippen LogP contribution < -0.4 is 9.47 Å². The highest BCUT2D eigenvalue weighted by atomic mass is 19.4. The standard InChI is InChI=1S/C23H21F3O5/c1-2-22(12-6-7-13-22)31-19-14-16(10-11-18(19)23(24,25)26)21(28)29-15-20(27)30-17-8-4-3-5-9-17/h2-5,8-11,14H,1,6-7,12-13,15H2. The molecule has 3 rings (SSSR count). The van der Waals surface area contributed by atoms with Crippen molar-refractivity contribution >= 4 is 11.9 Å². The summed E-state index contributed by atoms with van der Waals surface area (Å²) >= 11 is 0. The van der Waals surface area contributed by atoms with Gasteiger partial charge in [0, 0.05) is 0 Å². The number of alkyl halides is 3. The molecule has 0 N–H and O–H groups in total. The van der Waals surface area contributed by atoms with Crippen molar-refractivity contribution < 1.29 is 37.0 Å².